The van der Waals surface area contributed by atoms with Gasteiger partial charge in [-0.2, -0.15) is 0 Å². The minimum Gasteiger partial charge on any atom is -0.486 e. The Morgan fingerprint density at radius 2 is 2.00 bits per heavy atom. The normalized spacial score (nSPS) is 12.8. The van der Waals surface area contributed by atoms with Gasteiger partial charge in [0.05, 0.1) is 5.02 Å². The fourth-order valence-corrected chi connectivity index (χ4v) is 2.55. The van der Waals surface area contributed by atoms with Crippen molar-refractivity contribution in [3.63, 3.8) is 0 Å². The van der Waals surface area contributed by atoms with E-state index in [9.17, 15) is 4.79 Å². The number of guanidine groups is 1. The lowest BCUT2D eigenvalue weighted by atomic mass is 10.1. The van der Waals surface area contributed by atoms with Gasteiger partial charge in [0.2, 0.25) is 5.91 Å². The van der Waals surface area contributed by atoms with E-state index >= 15 is 0 Å². The zero-order valence-electron chi connectivity index (χ0n) is 15.3. The average Bonchev–Trinajstić information content (AvgIpc) is 2.59. The minimum absolute atomic E-state index is 0. The summed E-state index contributed by atoms with van der Waals surface area (Å²) in [5.41, 5.74) is 1.04. The first-order valence-electron chi connectivity index (χ1n) is 8.31. The van der Waals surface area contributed by atoms with Crippen LogP contribution < -0.4 is 20.1 Å². The summed E-state index contributed by atoms with van der Waals surface area (Å²) in [5.74, 6) is 1.87. The molecule has 0 aromatic heterocycles. The Kier molecular flexibility index (Phi) is 9.85. The van der Waals surface area contributed by atoms with Crippen LogP contribution in [0.3, 0.4) is 0 Å². The number of carbonyl (C=O) groups excluding carboxylic acids is 1. The molecule has 1 aromatic carbocycles. The fourth-order valence-electron chi connectivity index (χ4n) is 2.26. The van der Waals surface area contributed by atoms with Gasteiger partial charge in [-0.15, -0.1) is 24.0 Å². The predicted octanol–water partition coefficient (Wildman–Crippen LogP) is 1.92. The van der Waals surface area contributed by atoms with Crippen molar-refractivity contribution in [2.24, 2.45) is 4.99 Å². The number of hydrogen-bond acceptors (Lipinski definition) is 4. The van der Waals surface area contributed by atoms with Gasteiger partial charge in [-0.25, -0.2) is 4.99 Å². The molecule has 26 heavy (non-hydrogen) atoms. The van der Waals surface area contributed by atoms with Gasteiger partial charge in [0.15, 0.2) is 17.5 Å². The smallest absolute Gasteiger partial charge is 0.243 e. The minimum atomic E-state index is -0.0455. The van der Waals surface area contributed by atoms with Crippen molar-refractivity contribution in [3.05, 3.63) is 22.7 Å². The van der Waals surface area contributed by atoms with Crippen LogP contribution in [0.1, 0.15) is 12.5 Å². The summed E-state index contributed by atoms with van der Waals surface area (Å²) in [6.45, 7) is 4.50. The largest absolute Gasteiger partial charge is 0.486 e. The van der Waals surface area contributed by atoms with Gasteiger partial charge < -0.3 is 25.0 Å². The van der Waals surface area contributed by atoms with Crippen LogP contribution in [0.25, 0.3) is 0 Å². The van der Waals surface area contributed by atoms with E-state index in [1.54, 1.807) is 14.1 Å². The van der Waals surface area contributed by atoms with Crippen LogP contribution in [-0.4, -0.2) is 63.7 Å². The summed E-state index contributed by atoms with van der Waals surface area (Å²) >= 11 is 6.25. The SMILES string of the molecule is CCNC(=NCC(=O)N(C)C)NCCc1cc(Cl)c2c(c1)OCCO2.I. The van der Waals surface area contributed by atoms with Gasteiger partial charge in [0.25, 0.3) is 0 Å². The van der Waals surface area contributed by atoms with E-state index in [0.717, 1.165) is 18.5 Å². The third-order valence-corrected chi connectivity index (χ3v) is 3.86. The molecule has 2 N–H and O–H groups in total. The first kappa shape index (κ1) is 22.6. The zero-order chi connectivity index (χ0) is 18.2. The highest BCUT2D eigenvalue weighted by Crippen LogP contribution is 2.38. The lowest BCUT2D eigenvalue weighted by molar-refractivity contribution is -0.127. The second kappa shape index (κ2) is 11.3. The topological polar surface area (TPSA) is 75.2 Å². The number of nitrogens with one attached hydrogen (secondary N) is 2. The molecule has 0 unspecified atom stereocenters. The Labute approximate surface area is 176 Å². The number of fused-ring (bicyclic) bond motifs is 1. The first-order chi connectivity index (χ1) is 12.0. The van der Waals surface area contributed by atoms with Gasteiger partial charge >= 0.3 is 0 Å². The maximum atomic E-state index is 11.6. The summed E-state index contributed by atoms with van der Waals surface area (Å²) in [6.07, 6.45) is 0.738. The molecule has 0 aliphatic carbocycles. The van der Waals surface area contributed by atoms with Gasteiger partial charge in [-0.1, -0.05) is 11.6 Å². The summed E-state index contributed by atoms with van der Waals surface area (Å²) in [7, 11) is 3.42. The number of aliphatic imine (C=N–C) groups is 1. The quantitative estimate of drug-likeness (QED) is 0.358. The number of hydrogen-bond donors (Lipinski definition) is 2. The zero-order valence-corrected chi connectivity index (χ0v) is 18.4. The summed E-state index contributed by atoms with van der Waals surface area (Å²) in [4.78, 5) is 17.4. The van der Waals surface area contributed by atoms with E-state index in [1.807, 2.05) is 19.1 Å². The number of nitrogens with zero attached hydrogens (tertiary/aromatic N) is 2. The van der Waals surface area contributed by atoms with Crippen LogP contribution in [-0.2, 0) is 11.2 Å². The van der Waals surface area contributed by atoms with Crippen molar-refractivity contribution in [2.45, 2.75) is 13.3 Å². The Morgan fingerprint density at radius 1 is 1.27 bits per heavy atom. The van der Waals surface area contributed by atoms with Crippen molar-refractivity contribution in [2.75, 3.05) is 46.9 Å². The number of carbonyl (C=O) groups is 1. The van der Waals surface area contributed by atoms with E-state index in [0.29, 0.717) is 42.2 Å². The molecule has 1 aromatic rings. The number of ether oxygens (including phenoxy) is 2. The molecule has 7 nitrogen and oxygen atoms in total. The van der Waals surface area contributed by atoms with Crippen LogP contribution >= 0.6 is 35.6 Å². The van der Waals surface area contributed by atoms with Crippen LogP contribution in [0.15, 0.2) is 17.1 Å². The van der Waals surface area contributed by atoms with Crippen LogP contribution in [0.5, 0.6) is 11.5 Å². The standard InChI is InChI=1S/C17H25ClN4O3.HI/c1-4-19-17(21-11-15(23)22(2)3)20-6-5-12-9-13(18)16-14(10-12)24-7-8-25-16;/h9-10H,4-8,11H2,1-3H3,(H2,19,20,21);1H. The molecule has 0 saturated heterocycles. The highest BCUT2D eigenvalue weighted by atomic mass is 127. The molecule has 0 fully saturated rings. The number of amides is 1. The second-order valence-electron chi connectivity index (χ2n) is 5.76. The number of rotatable bonds is 6. The number of benzene rings is 1. The van der Waals surface area contributed by atoms with Crippen molar-refractivity contribution in [1.29, 1.82) is 0 Å². The van der Waals surface area contributed by atoms with E-state index in [4.69, 9.17) is 21.1 Å². The molecule has 0 saturated carbocycles. The highest BCUT2D eigenvalue weighted by molar-refractivity contribution is 14.0. The van der Waals surface area contributed by atoms with Crippen LogP contribution in [0.4, 0.5) is 0 Å². The molecule has 0 atom stereocenters. The predicted molar refractivity (Wildman–Crippen MR) is 114 cm³/mol. The molecular formula is C17H26ClIN4O3. The molecule has 1 aliphatic rings. The van der Waals surface area contributed by atoms with Crippen molar-refractivity contribution < 1.29 is 14.3 Å². The third-order valence-electron chi connectivity index (χ3n) is 3.58. The molecule has 9 heteroatoms. The number of halogens is 2. The van der Waals surface area contributed by atoms with Gasteiger partial charge in [0.1, 0.15) is 19.8 Å². The van der Waals surface area contributed by atoms with Crippen molar-refractivity contribution in [1.82, 2.24) is 15.5 Å². The number of likely N-dealkylation sites (N-methyl/N-ethyl adjacent to an activating group) is 1. The third kappa shape index (κ3) is 6.71. The Hall–Kier alpha value is -1.42. The van der Waals surface area contributed by atoms with Gasteiger partial charge in [0, 0.05) is 27.2 Å². The molecule has 1 heterocycles. The van der Waals surface area contributed by atoms with E-state index < -0.39 is 0 Å². The van der Waals surface area contributed by atoms with Gasteiger partial charge in [-0.05, 0) is 31.0 Å². The fraction of sp³-hybridized carbons (Fsp3) is 0.529. The molecule has 146 valence electrons. The maximum Gasteiger partial charge on any atom is 0.243 e. The van der Waals surface area contributed by atoms with E-state index in [-0.39, 0.29) is 36.4 Å². The van der Waals surface area contributed by atoms with Crippen molar-refractivity contribution >= 4 is 47.4 Å². The lowest BCUT2D eigenvalue weighted by Gasteiger charge is -2.20. The summed E-state index contributed by atoms with van der Waals surface area (Å²) < 4.78 is 11.1. The molecule has 0 radical (unpaired) electrons. The molecule has 0 bridgehead atoms. The molecular weight excluding hydrogens is 471 g/mol. The van der Waals surface area contributed by atoms with Crippen molar-refractivity contribution in [3.8, 4) is 11.5 Å². The lowest BCUT2D eigenvalue weighted by Crippen LogP contribution is -2.39. The summed E-state index contributed by atoms with van der Waals surface area (Å²) in [5, 5.41) is 6.90. The average molecular weight is 497 g/mol. The van der Waals surface area contributed by atoms with Crippen LogP contribution in [0, 0.1) is 0 Å². The maximum absolute atomic E-state index is 11.6. The Morgan fingerprint density at radius 3 is 2.69 bits per heavy atom. The van der Waals surface area contributed by atoms with E-state index in [2.05, 4.69) is 15.6 Å². The Balaban J connectivity index is 0.00000338. The monoisotopic (exact) mass is 496 g/mol. The summed E-state index contributed by atoms with van der Waals surface area (Å²) in [6, 6.07) is 3.83. The highest BCUT2D eigenvalue weighted by Gasteiger charge is 2.16. The van der Waals surface area contributed by atoms with E-state index in [1.165, 1.54) is 4.90 Å². The second-order valence-corrected chi connectivity index (χ2v) is 6.17. The molecule has 0 spiro atoms. The molecule has 2 rings (SSSR count). The van der Waals surface area contributed by atoms with Crippen LogP contribution in [0.2, 0.25) is 5.02 Å². The molecule has 1 amide bonds. The first-order valence-corrected chi connectivity index (χ1v) is 8.69. The van der Waals surface area contributed by atoms with Gasteiger partial charge in [-0.3, -0.25) is 4.79 Å². The molecule has 1 aliphatic heterocycles. The Bertz CT molecular complexity index is 641.